The number of nitrogens with two attached hydrogens (primary N) is 1. The summed E-state index contributed by atoms with van der Waals surface area (Å²) in [4.78, 5) is 10.4. The second-order valence-corrected chi connectivity index (χ2v) is 5.30. The summed E-state index contributed by atoms with van der Waals surface area (Å²) >= 11 is 5.73. The normalized spacial score (nSPS) is 15.8. The van der Waals surface area contributed by atoms with Gasteiger partial charge in [-0.15, -0.1) is 0 Å². The van der Waals surface area contributed by atoms with Crippen LogP contribution in [0.5, 0.6) is 5.75 Å². The first-order valence-corrected chi connectivity index (χ1v) is 6.19. The standard InChI is InChI=1S/C12H14ClN3O3/c13-8-1-2-10(9(5-8)16(17)18)19-7-12(3-4-12)6-11(14)15/h1-2,5H,3-4,6-7H2,(H3,14,15). The molecule has 1 fully saturated rings. The molecule has 0 aliphatic heterocycles. The van der Waals surface area contributed by atoms with Gasteiger partial charge in [-0.05, 0) is 25.0 Å². The molecule has 3 N–H and O–H groups in total. The van der Waals surface area contributed by atoms with E-state index in [2.05, 4.69) is 0 Å². The van der Waals surface area contributed by atoms with Crippen molar-refractivity contribution in [3.63, 3.8) is 0 Å². The van der Waals surface area contributed by atoms with E-state index >= 15 is 0 Å². The minimum atomic E-state index is -0.522. The van der Waals surface area contributed by atoms with Crippen LogP contribution in [-0.2, 0) is 0 Å². The molecule has 0 aromatic heterocycles. The monoisotopic (exact) mass is 283 g/mol. The number of nitro groups is 1. The highest BCUT2D eigenvalue weighted by Gasteiger charge is 2.44. The molecule has 19 heavy (non-hydrogen) atoms. The van der Waals surface area contributed by atoms with Crippen LogP contribution in [0, 0.1) is 20.9 Å². The van der Waals surface area contributed by atoms with Crippen LogP contribution in [-0.4, -0.2) is 17.4 Å². The predicted molar refractivity (Wildman–Crippen MR) is 71.8 cm³/mol. The molecule has 1 aromatic rings. The van der Waals surface area contributed by atoms with Gasteiger partial charge >= 0.3 is 5.69 Å². The molecule has 1 saturated carbocycles. The number of hydrogen-bond donors (Lipinski definition) is 2. The summed E-state index contributed by atoms with van der Waals surface area (Å²) in [7, 11) is 0. The van der Waals surface area contributed by atoms with Gasteiger partial charge in [0, 0.05) is 22.9 Å². The van der Waals surface area contributed by atoms with Crippen LogP contribution in [0.2, 0.25) is 5.02 Å². The van der Waals surface area contributed by atoms with Crippen molar-refractivity contribution in [3.8, 4) is 5.75 Å². The molecular formula is C12H14ClN3O3. The number of rotatable bonds is 6. The van der Waals surface area contributed by atoms with Crippen molar-refractivity contribution in [1.82, 2.24) is 0 Å². The van der Waals surface area contributed by atoms with Crippen molar-refractivity contribution in [1.29, 1.82) is 5.41 Å². The number of amidine groups is 1. The lowest BCUT2D eigenvalue weighted by Gasteiger charge is -2.15. The van der Waals surface area contributed by atoms with E-state index in [4.69, 9.17) is 27.5 Å². The van der Waals surface area contributed by atoms with E-state index < -0.39 is 4.92 Å². The third-order valence-corrected chi connectivity index (χ3v) is 3.41. The molecule has 1 aliphatic rings. The Morgan fingerprint density at radius 1 is 1.58 bits per heavy atom. The van der Waals surface area contributed by atoms with Crippen LogP contribution in [0.3, 0.4) is 0 Å². The Kier molecular flexibility index (Phi) is 3.61. The molecule has 7 heteroatoms. The van der Waals surface area contributed by atoms with Gasteiger partial charge in [-0.1, -0.05) is 11.6 Å². The summed E-state index contributed by atoms with van der Waals surface area (Å²) in [5, 5.41) is 18.5. The van der Waals surface area contributed by atoms with Gasteiger partial charge < -0.3 is 10.5 Å². The topological polar surface area (TPSA) is 102 Å². The van der Waals surface area contributed by atoms with Crippen molar-refractivity contribution < 1.29 is 9.66 Å². The molecule has 1 aliphatic carbocycles. The van der Waals surface area contributed by atoms with Crippen LogP contribution >= 0.6 is 11.6 Å². The number of hydrogen-bond acceptors (Lipinski definition) is 4. The Labute approximate surface area is 115 Å². The lowest BCUT2D eigenvalue weighted by atomic mass is 10.0. The first-order chi connectivity index (χ1) is 8.92. The van der Waals surface area contributed by atoms with E-state index in [0.29, 0.717) is 18.1 Å². The summed E-state index contributed by atoms with van der Waals surface area (Å²) in [5.41, 5.74) is 5.11. The van der Waals surface area contributed by atoms with Gasteiger partial charge in [-0.25, -0.2) is 0 Å². The first-order valence-electron chi connectivity index (χ1n) is 5.82. The zero-order valence-corrected chi connectivity index (χ0v) is 10.9. The third-order valence-electron chi connectivity index (χ3n) is 3.17. The molecule has 0 unspecified atom stereocenters. The van der Waals surface area contributed by atoms with Gasteiger partial charge in [-0.2, -0.15) is 0 Å². The van der Waals surface area contributed by atoms with Crippen molar-refractivity contribution in [2.24, 2.45) is 11.1 Å². The number of halogens is 1. The smallest absolute Gasteiger partial charge is 0.312 e. The van der Waals surface area contributed by atoms with Crippen LogP contribution in [0.1, 0.15) is 19.3 Å². The van der Waals surface area contributed by atoms with Gasteiger partial charge in [0.05, 0.1) is 17.4 Å². The Morgan fingerprint density at radius 3 is 2.79 bits per heavy atom. The molecule has 102 valence electrons. The maximum Gasteiger partial charge on any atom is 0.312 e. The van der Waals surface area contributed by atoms with Crippen LogP contribution in [0.25, 0.3) is 0 Å². The lowest BCUT2D eigenvalue weighted by Crippen LogP contribution is -2.21. The van der Waals surface area contributed by atoms with Gasteiger partial charge in [0.15, 0.2) is 5.75 Å². The zero-order chi connectivity index (χ0) is 14.0. The lowest BCUT2D eigenvalue weighted by molar-refractivity contribution is -0.385. The maximum atomic E-state index is 10.9. The van der Waals surface area contributed by atoms with Crippen molar-refractivity contribution in [2.45, 2.75) is 19.3 Å². The molecule has 0 amide bonds. The predicted octanol–water partition coefficient (Wildman–Crippen LogP) is 2.73. The molecule has 0 radical (unpaired) electrons. The van der Waals surface area contributed by atoms with Crippen molar-refractivity contribution >= 4 is 23.1 Å². The minimum Gasteiger partial charge on any atom is -0.486 e. The molecule has 0 saturated heterocycles. The Bertz CT molecular complexity index is 529. The second-order valence-electron chi connectivity index (χ2n) is 4.86. The number of nitrogens with zero attached hydrogens (tertiary/aromatic N) is 1. The SMILES string of the molecule is N=C(N)CC1(COc2ccc(Cl)cc2[N+](=O)[O-])CC1. The molecule has 0 heterocycles. The Balaban J connectivity index is 2.08. The van der Waals surface area contributed by atoms with E-state index in [0.717, 1.165) is 12.8 Å². The van der Waals surface area contributed by atoms with Gasteiger partial charge in [0.25, 0.3) is 0 Å². The quantitative estimate of drug-likeness (QED) is 0.362. The van der Waals surface area contributed by atoms with E-state index in [1.54, 1.807) is 6.07 Å². The Morgan fingerprint density at radius 2 is 2.26 bits per heavy atom. The molecule has 0 bridgehead atoms. The van der Waals surface area contributed by atoms with E-state index in [1.807, 2.05) is 0 Å². The largest absolute Gasteiger partial charge is 0.486 e. The molecule has 1 aromatic carbocycles. The fraction of sp³-hybridized carbons (Fsp3) is 0.417. The van der Waals surface area contributed by atoms with Crippen molar-refractivity contribution in [3.05, 3.63) is 33.3 Å². The van der Waals surface area contributed by atoms with Crippen LogP contribution in [0.4, 0.5) is 5.69 Å². The summed E-state index contributed by atoms with van der Waals surface area (Å²) in [6.45, 7) is 0.328. The molecule has 2 rings (SSSR count). The van der Waals surface area contributed by atoms with E-state index in [1.165, 1.54) is 12.1 Å². The summed E-state index contributed by atoms with van der Waals surface area (Å²) in [6.07, 6.45) is 2.32. The first kappa shape index (κ1) is 13.6. The highest BCUT2D eigenvalue weighted by atomic mass is 35.5. The number of nitrogens with one attached hydrogen (secondary N) is 1. The highest BCUT2D eigenvalue weighted by molar-refractivity contribution is 6.30. The second kappa shape index (κ2) is 5.05. The molecule has 6 nitrogen and oxygen atoms in total. The van der Waals surface area contributed by atoms with Crippen LogP contribution < -0.4 is 10.5 Å². The number of ether oxygens (including phenoxy) is 1. The number of benzene rings is 1. The van der Waals surface area contributed by atoms with Crippen LogP contribution in [0.15, 0.2) is 18.2 Å². The average molecular weight is 284 g/mol. The fourth-order valence-corrected chi connectivity index (χ4v) is 2.11. The Hall–Kier alpha value is -1.82. The van der Waals surface area contributed by atoms with Gasteiger partial charge in [0.2, 0.25) is 0 Å². The maximum absolute atomic E-state index is 10.9. The highest BCUT2D eigenvalue weighted by Crippen LogP contribution is 2.49. The fourth-order valence-electron chi connectivity index (χ4n) is 1.94. The van der Waals surface area contributed by atoms with Gasteiger partial charge in [-0.3, -0.25) is 15.5 Å². The minimum absolute atomic E-state index is 0.117. The van der Waals surface area contributed by atoms with Crippen molar-refractivity contribution in [2.75, 3.05) is 6.61 Å². The van der Waals surface area contributed by atoms with E-state index in [-0.39, 0.29) is 22.7 Å². The van der Waals surface area contributed by atoms with E-state index in [9.17, 15) is 10.1 Å². The molecule has 0 atom stereocenters. The summed E-state index contributed by atoms with van der Waals surface area (Å²) < 4.78 is 5.53. The average Bonchev–Trinajstić information content (AvgIpc) is 3.06. The molecule has 0 spiro atoms. The third kappa shape index (κ3) is 3.35. The summed E-state index contributed by atoms with van der Waals surface area (Å²) in [5.74, 6) is 0.316. The summed E-state index contributed by atoms with van der Waals surface area (Å²) in [6, 6.07) is 4.31. The molecular weight excluding hydrogens is 270 g/mol. The van der Waals surface area contributed by atoms with Gasteiger partial charge in [0.1, 0.15) is 0 Å². The number of nitro benzene ring substituents is 1. The zero-order valence-electron chi connectivity index (χ0n) is 10.2.